The van der Waals surface area contributed by atoms with E-state index in [1.165, 1.54) is 11.1 Å². The maximum Gasteiger partial charge on any atom is 0.180 e. The molecule has 6 heteroatoms. The molecule has 30 heavy (non-hydrogen) atoms. The van der Waals surface area contributed by atoms with Crippen molar-refractivity contribution < 1.29 is 4.74 Å². The third-order valence-electron chi connectivity index (χ3n) is 5.07. The molecular formula is C24H21N5O. The van der Waals surface area contributed by atoms with Crippen LogP contribution in [0.15, 0.2) is 73.2 Å². The highest BCUT2D eigenvalue weighted by Gasteiger charge is 2.15. The number of nitrogens with zero attached hydrogens (tertiary/aromatic N) is 4. The summed E-state index contributed by atoms with van der Waals surface area (Å²) in [4.78, 5) is 18.0. The zero-order valence-corrected chi connectivity index (χ0v) is 16.5. The van der Waals surface area contributed by atoms with Crippen molar-refractivity contribution in [1.82, 2.24) is 19.9 Å². The number of ether oxygens (including phenoxy) is 1. The fourth-order valence-corrected chi connectivity index (χ4v) is 3.61. The molecular weight excluding hydrogens is 374 g/mol. The zero-order chi connectivity index (χ0) is 20.2. The quantitative estimate of drug-likeness (QED) is 0.528. The average Bonchev–Trinajstić information content (AvgIpc) is 3.30. The van der Waals surface area contributed by atoms with Gasteiger partial charge in [0.25, 0.3) is 0 Å². The molecule has 0 saturated heterocycles. The number of aromatic nitrogens is 4. The molecule has 4 aromatic rings. The fourth-order valence-electron chi connectivity index (χ4n) is 3.61. The third-order valence-corrected chi connectivity index (χ3v) is 5.07. The smallest absolute Gasteiger partial charge is 0.180 e. The Morgan fingerprint density at radius 1 is 0.933 bits per heavy atom. The van der Waals surface area contributed by atoms with Gasteiger partial charge in [-0.2, -0.15) is 0 Å². The van der Waals surface area contributed by atoms with Gasteiger partial charge in [-0.3, -0.25) is 9.97 Å². The summed E-state index contributed by atoms with van der Waals surface area (Å²) >= 11 is 0. The van der Waals surface area contributed by atoms with E-state index >= 15 is 0 Å². The van der Waals surface area contributed by atoms with E-state index in [-0.39, 0.29) is 0 Å². The predicted octanol–water partition coefficient (Wildman–Crippen LogP) is 4.19. The number of pyridine rings is 2. The summed E-state index contributed by atoms with van der Waals surface area (Å²) < 4.78 is 5.82. The van der Waals surface area contributed by atoms with Crippen molar-refractivity contribution >= 4 is 5.82 Å². The summed E-state index contributed by atoms with van der Waals surface area (Å²) in [5.41, 5.74) is 5.01. The molecule has 0 aliphatic carbocycles. The number of para-hydroxylation sites is 1. The lowest BCUT2D eigenvalue weighted by atomic mass is 10.1. The van der Waals surface area contributed by atoms with Crippen LogP contribution in [-0.2, 0) is 12.8 Å². The number of rotatable bonds is 6. The van der Waals surface area contributed by atoms with Crippen LogP contribution in [0.25, 0.3) is 22.8 Å². The van der Waals surface area contributed by atoms with Crippen LogP contribution in [0.5, 0.6) is 5.75 Å². The summed E-state index contributed by atoms with van der Waals surface area (Å²) in [7, 11) is 0. The standard InChI is InChI=1S/C24H21N5O/c1-2-12-26-20(8-1)24-28-21(19-7-4-11-25-16-19)15-22(29-24)27-13-9-17-5-3-6-18-10-14-30-23(17)18/h1-8,11-12,15-16H,9-10,13-14H2,(H,27,28,29). The Balaban J connectivity index is 1.41. The molecule has 0 saturated carbocycles. The lowest BCUT2D eigenvalue weighted by molar-refractivity contribution is 0.353. The molecule has 0 atom stereocenters. The number of nitrogens with one attached hydrogen (secondary N) is 1. The zero-order valence-electron chi connectivity index (χ0n) is 16.5. The van der Waals surface area contributed by atoms with E-state index in [0.29, 0.717) is 5.82 Å². The van der Waals surface area contributed by atoms with E-state index in [0.717, 1.165) is 54.5 Å². The van der Waals surface area contributed by atoms with E-state index in [1.54, 1.807) is 18.6 Å². The molecule has 0 unspecified atom stereocenters. The first-order chi connectivity index (χ1) is 14.9. The Kier molecular flexibility index (Phi) is 5.04. The highest BCUT2D eigenvalue weighted by Crippen LogP contribution is 2.30. The van der Waals surface area contributed by atoms with Crippen molar-refractivity contribution in [1.29, 1.82) is 0 Å². The lowest BCUT2D eigenvalue weighted by Crippen LogP contribution is -2.08. The molecule has 1 aliphatic heterocycles. The summed E-state index contributed by atoms with van der Waals surface area (Å²) in [5.74, 6) is 2.40. The van der Waals surface area contributed by atoms with Crippen LogP contribution >= 0.6 is 0 Å². The second-order valence-corrected chi connectivity index (χ2v) is 7.10. The molecule has 0 spiro atoms. The number of benzene rings is 1. The predicted molar refractivity (Wildman–Crippen MR) is 116 cm³/mol. The van der Waals surface area contributed by atoms with Gasteiger partial charge in [-0.1, -0.05) is 24.3 Å². The van der Waals surface area contributed by atoms with E-state index in [1.807, 2.05) is 36.4 Å². The number of fused-ring (bicyclic) bond motifs is 1. The first-order valence-electron chi connectivity index (χ1n) is 10.1. The van der Waals surface area contributed by atoms with Crippen molar-refractivity contribution in [3.05, 3.63) is 84.3 Å². The van der Waals surface area contributed by atoms with E-state index in [4.69, 9.17) is 14.7 Å². The third kappa shape index (κ3) is 3.85. The highest BCUT2D eigenvalue weighted by atomic mass is 16.5. The fraction of sp³-hybridized carbons (Fsp3) is 0.167. The van der Waals surface area contributed by atoms with Crippen molar-refractivity contribution in [3.63, 3.8) is 0 Å². The summed E-state index contributed by atoms with van der Waals surface area (Å²) in [5, 5.41) is 3.45. The molecule has 0 bridgehead atoms. The molecule has 0 fully saturated rings. The topological polar surface area (TPSA) is 72.8 Å². The van der Waals surface area contributed by atoms with Crippen LogP contribution in [-0.4, -0.2) is 33.1 Å². The van der Waals surface area contributed by atoms with Crippen LogP contribution < -0.4 is 10.1 Å². The Bertz CT molecular complexity index is 1090. The van der Waals surface area contributed by atoms with E-state index < -0.39 is 0 Å². The van der Waals surface area contributed by atoms with E-state index in [9.17, 15) is 0 Å². The van der Waals surface area contributed by atoms with Crippen LogP contribution in [0.2, 0.25) is 0 Å². The molecule has 1 aliphatic rings. The van der Waals surface area contributed by atoms with Gasteiger partial charge < -0.3 is 10.1 Å². The molecule has 3 aromatic heterocycles. The van der Waals surface area contributed by atoms with Gasteiger partial charge in [-0.15, -0.1) is 0 Å². The van der Waals surface area contributed by atoms with Gasteiger partial charge in [0, 0.05) is 43.2 Å². The van der Waals surface area contributed by atoms with Gasteiger partial charge in [-0.05, 0) is 41.8 Å². The second kappa shape index (κ2) is 8.29. The van der Waals surface area contributed by atoms with Crippen molar-refractivity contribution in [3.8, 4) is 28.5 Å². The van der Waals surface area contributed by atoms with Gasteiger partial charge in [0.05, 0.1) is 12.3 Å². The molecule has 1 N–H and O–H groups in total. The Labute approximate surface area is 175 Å². The van der Waals surface area contributed by atoms with Crippen LogP contribution in [0.4, 0.5) is 5.82 Å². The summed E-state index contributed by atoms with van der Waals surface area (Å²) in [6.07, 6.45) is 7.15. The van der Waals surface area contributed by atoms with Crippen LogP contribution in [0.1, 0.15) is 11.1 Å². The maximum absolute atomic E-state index is 5.82. The highest BCUT2D eigenvalue weighted by molar-refractivity contribution is 5.65. The molecule has 0 radical (unpaired) electrons. The lowest BCUT2D eigenvalue weighted by Gasteiger charge is -2.11. The molecule has 5 rings (SSSR count). The summed E-state index contributed by atoms with van der Waals surface area (Å²) in [6.45, 7) is 1.51. The number of hydrogen-bond acceptors (Lipinski definition) is 6. The molecule has 148 valence electrons. The molecule has 0 amide bonds. The van der Waals surface area contributed by atoms with Gasteiger partial charge >= 0.3 is 0 Å². The first kappa shape index (κ1) is 18.2. The van der Waals surface area contributed by atoms with Crippen molar-refractivity contribution in [2.24, 2.45) is 0 Å². The molecule has 1 aromatic carbocycles. The second-order valence-electron chi connectivity index (χ2n) is 7.10. The van der Waals surface area contributed by atoms with Gasteiger partial charge in [0.2, 0.25) is 0 Å². The van der Waals surface area contributed by atoms with Crippen LogP contribution in [0, 0.1) is 0 Å². The van der Waals surface area contributed by atoms with Gasteiger partial charge in [-0.25, -0.2) is 9.97 Å². The monoisotopic (exact) mass is 395 g/mol. The van der Waals surface area contributed by atoms with Gasteiger partial charge in [0.15, 0.2) is 5.82 Å². The maximum atomic E-state index is 5.82. The minimum Gasteiger partial charge on any atom is -0.493 e. The Hall–Kier alpha value is -3.80. The number of anilines is 1. The Morgan fingerprint density at radius 2 is 1.93 bits per heavy atom. The Morgan fingerprint density at radius 3 is 2.80 bits per heavy atom. The largest absolute Gasteiger partial charge is 0.493 e. The summed E-state index contributed by atoms with van der Waals surface area (Å²) in [6, 6.07) is 18.0. The van der Waals surface area contributed by atoms with Crippen LogP contribution in [0.3, 0.4) is 0 Å². The minimum atomic E-state index is 0.586. The SMILES string of the molecule is c1ccc(-c2nc(NCCc3cccc4c3OCC4)cc(-c3cccnc3)n2)nc1. The first-order valence-corrected chi connectivity index (χ1v) is 10.1. The molecule has 4 heterocycles. The van der Waals surface area contributed by atoms with E-state index in [2.05, 4.69) is 33.5 Å². The van der Waals surface area contributed by atoms with Crippen molar-refractivity contribution in [2.75, 3.05) is 18.5 Å². The molecule has 6 nitrogen and oxygen atoms in total. The normalized spacial score (nSPS) is 12.3. The minimum absolute atomic E-state index is 0.586. The number of hydrogen-bond donors (Lipinski definition) is 1. The average molecular weight is 395 g/mol. The van der Waals surface area contributed by atoms with Gasteiger partial charge in [0.1, 0.15) is 17.3 Å². The van der Waals surface area contributed by atoms with Crippen molar-refractivity contribution in [2.45, 2.75) is 12.8 Å².